The highest BCUT2D eigenvalue weighted by Crippen LogP contribution is 2.11. The molecule has 1 N–H and O–H groups in total. The van der Waals surface area contributed by atoms with Gasteiger partial charge < -0.3 is 5.32 Å². The molecule has 0 aromatic rings. The molecule has 15 heavy (non-hydrogen) atoms. The first-order chi connectivity index (χ1) is 7.08. The fourth-order valence-electron chi connectivity index (χ4n) is 1.96. The van der Waals surface area contributed by atoms with Crippen molar-refractivity contribution in [1.29, 1.82) is 0 Å². The number of rotatable bonds is 8. The number of nitrogens with zero attached hydrogens (tertiary/aromatic N) is 1. The van der Waals surface area contributed by atoms with E-state index in [9.17, 15) is 0 Å². The van der Waals surface area contributed by atoms with Crippen LogP contribution in [0.2, 0.25) is 0 Å². The van der Waals surface area contributed by atoms with Crippen LogP contribution in [0.25, 0.3) is 0 Å². The van der Waals surface area contributed by atoms with Gasteiger partial charge in [-0.3, -0.25) is 4.90 Å². The van der Waals surface area contributed by atoms with Crippen molar-refractivity contribution in [2.75, 3.05) is 13.6 Å². The monoisotopic (exact) mass is 214 g/mol. The van der Waals surface area contributed by atoms with E-state index in [1.165, 1.54) is 19.3 Å². The van der Waals surface area contributed by atoms with Crippen LogP contribution in [0.4, 0.5) is 0 Å². The maximum absolute atomic E-state index is 3.64. The Kier molecular flexibility index (Phi) is 8.07. The average Bonchev–Trinajstić information content (AvgIpc) is 2.27. The van der Waals surface area contributed by atoms with E-state index in [4.69, 9.17) is 0 Å². The molecule has 0 heterocycles. The normalized spacial score (nSPS) is 17.8. The Morgan fingerprint density at radius 2 is 1.67 bits per heavy atom. The van der Waals surface area contributed by atoms with E-state index in [1.54, 1.807) is 0 Å². The van der Waals surface area contributed by atoms with Crippen LogP contribution in [0.3, 0.4) is 0 Å². The van der Waals surface area contributed by atoms with Gasteiger partial charge in [0.2, 0.25) is 0 Å². The summed E-state index contributed by atoms with van der Waals surface area (Å²) in [5.41, 5.74) is 0. The van der Waals surface area contributed by atoms with Crippen LogP contribution in [0.5, 0.6) is 0 Å². The third kappa shape index (κ3) is 4.98. The Morgan fingerprint density at radius 1 is 1.07 bits per heavy atom. The standard InChI is InChI=1S/C13H30N2/c1-7-10-14-13(9-3)12(5)15(6)11(4)8-2/h11-14H,7-10H2,1-6H3. The van der Waals surface area contributed by atoms with Gasteiger partial charge >= 0.3 is 0 Å². The van der Waals surface area contributed by atoms with Crippen molar-refractivity contribution in [2.45, 2.75) is 72.0 Å². The number of likely N-dealkylation sites (N-methyl/N-ethyl adjacent to an activating group) is 1. The summed E-state index contributed by atoms with van der Waals surface area (Å²) in [6.45, 7) is 12.5. The zero-order valence-corrected chi connectivity index (χ0v) is 11.5. The smallest absolute Gasteiger partial charge is 0.0220 e. The third-order valence-electron chi connectivity index (χ3n) is 3.61. The van der Waals surface area contributed by atoms with E-state index >= 15 is 0 Å². The molecule has 0 bridgehead atoms. The number of nitrogens with one attached hydrogen (secondary N) is 1. The maximum Gasteiger partial charge on any atom is 0.0220 e. The fraction of sp³-hybridized carbons (Fsp3) is 1.00. The van der Waals surface area contributed by atoms with Gasteiger partial charge in [-0.05, 0) is 46.7 Å². The molecule has 0 saturated heterocycles. The predicted molar refractivity (Wildman–Crippen MR) is 69.4 cm³/mol. The number of hydrogen-bond donors (Lipinski definition) is 1. The topological polar surface area (TPSA) is 15.3 Å². The molecule has 0 aromatic carbocycles. The van der Waals surface area contributed by atoms with Crippen LogP contribution < -0.4 is 5.32 Å². The van der Waals surface area contributed by atoms with Crippen LogP contribution in [0, 0.1) is 0 Å². The van der Waals surface area contributed by atoms with E-state index in [1.807, 2.05) is 0 Å². The first kappa shape index (κ1) is 14.9. The van der Waals surface area contributed by atoms with E-state index in [0.29, 0.717) is 18.1 Å². The zero-order valence-electron chi connectivity index (χ0n) is 11.5. The third-order valence-corrected chi connectivity index (χ3v) is 3.61. The first-order valence-electron chi connectivity index (χ1n) is 6.53. The fourth-order valence-corrected chi connectivity index (χ4v) is 1.96. The summed E-state index contributed by atoms with van der Waals surface area (Å²) >= 11 is 0. The van der Waals surface area contributed by atoms with Crippen molar-refractivity contribution in [3.8, 4) is 0 Å². The quantitative estimate of drug-likeness (QED) is 0.668. The summed E-state index contributed by atoms with van der Waals surface area (Å²) in [5.74, 6) is 0. The van der Waals surface area contributed by atoms with Crippen LogP contribution in [0.15, 0.2) is 0 Å². The lowest BCUT2D eigenvalue weighted by atomic mass is 10.0. The van der Waals surface area contributed by atoms with Gasteiger partial charge in [0.1, 0.15) is 0 Å². The highest BCUT2D eigenvalue weighted by Gasteiger charge is 2.21. The summed E-state index contributed by atoms with van der Waals surface area (Å²) < 4.78 is 0. The summed E-state index contributed by atoms with van der Waals surface area (Å²) in [6.07, 6.45) is 3.66. The Morgan fingerprint density at radius 3 is 2.07 bits per heavy atom. The molecular weight excluding hydrogens is 184 g/mol. The summed E-state index contributed by atoms with van der Waals surface area (Å²) in [4.78, 5) is 2.50. The van der Waals surface area contributed by atoms with Crippen molar-refractivity contribution in [1.82, 2.24) is 10.2 Å². The number of hydrogen-bond acceptors (Lipinski definition) is 2. The van der Waals surface area contributed by atoms with Crippen molar-refractivity contribution in [3.05, 3.63) is 0 Å². The highest BCUT2D eigenvalue weighted by atomic mass is 15.2. The van der Waals surface area contributed by atoms with Crippen molar-refractivity contribution >= 4 is 0 Å². The Balaban J connectivity index is 4.16. The van der Waals surface area contributed by atoms with E-state index in [2.05, 4.69) is 51.9 Å². The molecule has 0 fully saturated rings. The van der Waals surface area contributed by atoms with Gasteiger partial charge in [-0.2, -0.15) is 0 Å². The second kappa shape index (κ2) is 8.12. The molecule has 0 aliphatic rings. The van der Waals surface area contributed by atoms with Gasteiger partial charge in [-0.15, -0.1) is 0 Å². The van der Waals surface area contributed by atoms with E-state index in [0.717, 1.165) is 6.54 Å². The SMILES string of the molecule is CCCNC(CC)C(C)N(C)C(C)CC. The van der Waals surface area contributed by atoms with Gasteiger partial charge in [-0.25, -0.2) is 0 Å². The minimum absolute atomic E-state index is 0.622. The molecule has 0 spiro atoms. The molecule has 0 aromatic heterocycles. The Hall–Kier alpha value is -0.0800. The van der Waals surface area contributed by atoms with Crippen LogP contribution in [-0.4, -0.2) is 36.6 Å². The van der Waals surface area contributed by atoms with E-state index in [-0.39, 0.29) is 0 Å². The van der Waals surface area contributed by atoms with Crippen LogP contribution in [-0.2, 0) is 0 Å². The lowest BCUT2D eigenvalue weighted by Gasteiger charge is -2.35. The molecule has 2 heteroatoms. The molecule has 3 atom stereocenters. The minimum Gasteiger partial charge on any atom is -0.312 e. The molecule has 3 unspecified atom stereocenters. The Bertz CT molecular complexity index is 147. The molecule has 0 amide bonds. The largest absolute Gasteiger partial charge is 0.312 e. The summed E-state index contributed by atoms with van der Waals surface area (Å²) in [6, 6.07) is 1.93. The molecule has 92 valence electrons. The Labute approximate surface area is 96.4 Å². The average molecular weight is 214 g/mol. The zero-order chi connectivity index (χ0) is 11.8. The van der Waals surface area contributed by atoms with Crippen molar-refractivity contribution in [3.63, 3.8) is 0 Å². The second-order valence-corrected chi connectivity index (χ2v) is 4.63. The molecule has 0 radical (unpaired) electrons. The molecular formula is C13H30N2. The lowest BCUT2D eigenvalue weighted by Crippen LogP contribution is -2.49. The van der Waals surface area contributed by atoms with E-state index < -0.39 is 0 Å². The van der Waals surface area contributed by atoms with Gasteiger partial charge in [-0.1, -0.05) is 20.8 Å². The van der Waals surface area contributed by atoms with Crippen molar-refractivity contribution in [2.24, 2.45) is 0 Å². The van der Waals surface area contributed by atoms with Gasteiger partial charge in [0.05, 0.1) is 0 Å². The minimum atomic E-state index is 0.622. The van der Waals surface area contributed by atoms with Crippen LogP contribution >= 0.6 is 0 Å². The first-order valence-corrected chi connectivity index (χ1v) is 6.53. The second-order valence-electron chi connectivity index (χ2n) is 4.63. The van der Waals surface area contributed by atoms with Crippen LogP contribution in [0.1, 0.15) is 53.9 Å². The predicted octanol–water partition coefficient (Wildman–Crippen LogP) is 2.88. The van der Waals surface area contributed by atoms with Gasteiger partial charge in [0.15, 0.2) is 0 Å². The molecule has 0 rings (SSSR count). The van der Waals surface area contributed by atoms with Gasteiger partial charge in [0.25, 0.3) is 0 Å². The highest BCUT2D eigenvalue weighted by molar-refractivity contribution is 4.80. The molecule has 0 saturated carbocycles. The maximum atomic E-state index is 3.64. The van der Waals surface area contributed by atoms with Gasteiger partial charge in [0, 0.05) is 18.1 Å². The molecule has 0 aliphatic carbocycles. The van der Waals surface area contributed by atoms with Crippen molar-refractivity contribution < 1.29 is 0 Å². The summed E-state index contributed by atoms with van der Waals surface area (Å²) in [7, 11) is 2.25. The molecule has 0 aliphatic heterocycles. The lowest BCUT2D eigenvalue weighted by molar-refractivity contribution is 0.153. The molecule has 2 nitrogen and oxygen atoms in total. The summed E-state index contributed by atoms with van der Waals surface area (Å²) in [5, 5.41) is 3.64.